The molecular weight excluding hydrogens is 617 g/mol. The number of nitrogens with zero attached hydrogens (tertiary/aromatic N) is 2. The molecule has 0 fully saturated rings. The van der Waals surface area contributed by atoms with Gasteiger partial charge in [0.15, 0.2) is 0 Å². The van der Waals surface area contributed by atoms with Crippen molar-refractivity contribution >= 4 is 54.1 Å². The topological polar surface area (TPSA) is 17.8 Å². The summed E-state index contributed by atoms with van der Waals surface area (Å²) in [6.07, 6.45) is 0.867. The number of imidazole rings is 1. The number of fused-ring (bicyclic) bond motifs is 5. The van der Waals surface area contributed by atoms with E-state index in [0.717, 1.165) is 29.0 Å². The molecule has 2 heteroatoms. The summed E-state index contributed by atoms with van der Waals surface area (Å²) in [5.74, 6) is 1.07. The van der Waals surface area contributed by atoms with Gasteiger partial charge in [0.1, 0.15) is 5.82 Å². The van der Waals surface area contributed by atoms with Crippen molar-refractivity contribution in [2.45, 2.75) is 13.3 Å². The molecule has 0 N–H and O–H groups in total. The van der Waals surface area contributed by atoms with E-state index in [1.54, 1.807) is 0 Å². The zero-order valence-corrected chi connectivity index (χ0v) is 28.3. The molecule has 0 aliphatic carbocycles. The minimum absolute atomic E-state index is 0.867. The molecule has 10 rings (SSSR count). The van der Waals surface area contributed by atoms with Crippen LogP contribution in [0.15, 0.2) is 176 Å². The molecule has 0 radical (unpaired) electrons. The molecule has 0 bridgehead atoms. The zero-order chi connectivity index (χ0) is 33.9. The first kappa shape index (κ1) is 29.4. The van der Waals surface area contributed by atoms with Crippen LogP contribution in [0.5, 0.6) is 0 Å². The van der Waals surface area contributed by atoms with Gasteiger partial charge in [0.05, 0.1) is 11.0 Å². The van der Waals surface area contributed by atoms with Crippen molar-refractivity contribution in [3.8, 4) is 39.1 Å². The molecule has 0 amide bonds. The molecule has 0 unspecified atom stereocenters. The second kappa shape index (κ2) is 11.8. The number of aromatic nitrogens is 2. The Balaban J connectivity index is 1.24. The summed E-state index contributed by atoms with van der Waals surface area (Å²) in [4.78, 5) is 4.94. The SMILES string of the molecule is CCc1nc2ccccc2n1-c1ccc2cc(-c3c4ccccc4c(-c4cccc5ccccc45)c4ccc(-c5ccccc5)cc34)ccc2c1. The maximum Gasteiger partial charge on any atom is 0.114 e. The van der Waals surface area contributed by atoms with E-state index in [-0.39, 0.29) is 0 Å². The summed E-state index contributed by atoms with van der Waals surface area (Å²) in [6.45, 7) is 2.18. The molecular formula is C49H34N2. The van der Waals surface area contributed by atoms with E-state index >= 15 is 0 Å². The Morgan fingerprint density at radius 3 is 1.96 bits per heavy atom. The summed E-state index contributed by atoms with van der Waals surface area (Å²) < 4.78 is 2.31. The van der Waals surface area contributed by atoms with Gasteiger partial charge in [0, 0.05) is 12.1 Å². The molecule has 9 aromatic carbocycles. The summed E-state index contributed by atoms with van der Waals surface area (Å²) in [5, 5.41) is 9.98. The average Bonchev–Trinajstić information content (AvgIpc) is 3.58. The van der Waals surface area contributed by atoms with Crippen molar-refractivity contribution in [1.82, 2.24) is 9.55 Å². The van der Waals surface area contributed by atoms with Crippen LogP contribution in [0.2, 0.25) is 0 Å². The summed E-state index contributed by atoms with van der Waals surface area (Å²) in [6, 6.07) is 64.4. The molecule has 0 aliphatic heterocycles. The van der Waals surface area contributed by atoms with Gasteiger partial charge in [-0.2, -0.15) is 0 Å². The summed E-state index contributed by atoms with van der Waals surface area (Å²) in [5.41, 5.74) is 10.8. The molecule has 240 valence electrons. The summed E-state index contributed by atoms with van der Waals surface area (Å²) >= 11 is 0. The second-order valence-corrected chi connectivity index (χ2v) is 13.4. The Morgan fingerprint density at radius 2 is 1.10 bits per heavy atom. The lowest BCUT2D eigenvalue weighted by Crippen LogP contribution is -2.00. The quantitative estimate of drug-likeness (QED) is 0.170. The highest BCUT2D eigenvalue weighted by atomic mass is 15.1. The molecule has 0 aliphatic rings. The predicted octanol–water partition coefficient (Wildman–Crippen LogP) is 13.2. The van der Waals surface area contributed by atoms with Gasteiger partial charge < -0.3 is 0 Å². The van der Waals surface area contributed by atoms with Gasteiger partial charge in [-0.25, -0.2) is 4.98 Å². The molecule has 1 heterocycles. The van der Waals surface area contributed by atoms with Crippen LogP contribution >= 0.6 is 0 Å². The number of rotatable bonds is 5. The lowest BCUT2D eigenvalue weighted by molar-refractivity contribution is 0.909. The van der Waals surface area contributed by atoms with Gasteiger partial charge in [-0.05, 0) is 113 Å². The van der Waals surface area contributed by atoms with E-state index in [2.05, 4.69) is 187 Å². The van der Waals surface area contributed by atoms with Crippen LogP contribution in [0.4, 0.5) is 0 Å². The van der Waals surface area contributed by atoms with Crippen molar-refractivity contribution in [1.29, 1.82) is 0 Å². The standard InChI is InChI=1S/C49H34N2/c1-2-47-50-45-21-10-11-22-46(45)51(47)38-27-25-34-29-37(24-23-35(34)30-38)48-41-18-8-9-19-42(41)49(40-20-12-16-33-15-6-7-17-39(33)40)43-28-26-36(31-44(43)48)32-13-4-3-5-14-32/h3-31H,2H2,1H3. The molecule has 0 spiro atoms. The maximum atomic E-state index is 4.94. The molecule has 1 aromatic heterocycles. The molecule has 10 aromatic rings. The first-order chi connectivity index (χ1) is 25.2. The van der Waals surface area contributed by atoms with Gasteiger partial charge in [-0.1, -0.05) is 146 Å². The van der Waals surface area contributed by atoms with Gasteiger partial charge in [-0.15, -0.1) is 0 Å². The monoisotopic (exact) mass is 650 g/mol. The third-order valence-corrected chi connectivity index (χ3v) is 10.5. The van der Waals surface area contributed by atoms with E-state index in [0.29, 0.717) is 0 Å². The average molecular weight is 651 g/mol. The highest BCUT2D eigenvalue weighted by molar-refractivity contribution is 6.24. The van der Waals surface area contributed by atoms with E-state index < -0.39 is 0 Å². The smallest absolute Gasteiger partial charge is 0.114 e. The van der Waals surface area contributed by atoms with Crippen molar-refractivity contribution < 1.29 is 0 Å². The second-order valence-electron chi connectivity index (χ2n) is 13.4. The van der Waals surface area contributed by atoms with Gasteiger partial charge in [0.25, 0.3) is 0 Å². The van der Waals surface area contributed by atoms with Crippen LogP contribution in [0.1, 0.15) is 12.7 Å². The Kier molecular flexibility index (Phi) is 6.82. The molecule has 0 saturated heterocycles. The van der Waals surface area contributed by atoms with Crippen LogP contribution in [0, 0.1) is 0 Å². The van der Waals surface area contributed by atoms with E-state index in [4.69, 9.17) is 4.98 Å². The Bertz CT molecular complexity index is 2950. The number of aryl methyl sites for hydroxylation is 1. The molecule has 2 nitrogen and oxygen atoms in total. The van der Waals surface area contributed by atoms with Gasteiger partial charge >= 0.3 is 0 Å². The van der Waals surface area contributed by atoms with E-state index in [1.165, 1.54) is 76.5 Å². The van der Waals surface area contributed by atoms with Crippen LogP contribution in [-0.2, 0) is 6.42 Å². The molecule has 51 heavy (non-hydrogen) atoms. The van der Waals surface area contributed by atoms with Crippen LogP contribution in [-0.4, -0.2) is 9.55 Å². The first-order valence-electron chi connectivity index (χ1n) is 17.8. The fraction of sp³-hybridized carbons (Fsp3) is 0.0408. The fourth-order valence-corrected chi connectivity index (χ4v) is 8.16. The molecule has 0 saturated carbocycles. The lowest BCUT2D eigenvalue weighted by atomic mass is 9.83. The Hall–Kier alpha value is -6.51. The maximum absolute atomic E-state index is 4.94. The van der Waals surface area contributed by atoms with E-state index in [9.17, 15) is 0 Å². The van der Waals surface area contributed by atoms with Crippen LogP contribution in [0.25, 0.3) is 93.2 Å². The fourth-order valence-electron chi connectivity index (χ4n) is 8.16. The van der Waals surface area contributed by atoms with Gasteiger partial charge in [0.2, 0.25) is 0 Å². The largest absolute Gasteiger partial charge is 0.296 e. The number of hydrogen-bond acceptors (Lipinski definition) is 1. The van der Waals surface area contributed by atoms with Crippen LogP contribution in [0.3, 0.4) is 0 Å². The normalized spacial score (nSPS) is 11.7. The van der Waals surface area contributed by atoms with Crippen molar-refractivity contribution in [3.63, 3.8) is 0 Å². The van der Waals surface area contributed by atoms with Crippen molar-refractivity contribution in [3.05, 3.63) is 182 Å². The van der Waals surface area contributed by atoms with Crippen molar-refractivity contribution in [2.75, 3.05) is 0 Å². The van der Waals surface area contributed by atoms with E-state index in [1.807, 2.05) is 0 Å². The highest BCUT2D eigenvalue weighted by Crippen LogP contribution is 2.46. The third-order valence-electron chi connectivity index (χ3n) is 10.5. The Labute approximate surface area is 296 Å². The lowest BCUT2D eigenvalue weighted by Gasteiger charge is -2.20. The first-order valence-corrected chi connectivity index (χ1v) is 17.8. The zero-order valence-electron chi connectivity index (χ0n) is 28.3. The molecule has 0 atom stereocenters. The third kappa shape index (κ3) is 4.75. The van der Waals surface area contributed by atoms with Gasteiger partial charge in [-0.3, -0.25) is 4.57 Å². The predicted molar refractivity (Wildman–Crippen MR) is 217 cm³/mol. The van der Waals surface area contributed by atoms with Crippen molar-refractivity contribution in [2.24, 2.45) is 0 Å². The highest BCUT2D eigenvalue weighted by Gasteiger charge is 2.19. The Morgan fingerprint density at radius 1 is 0.431 bits per heavy atom. The van der Waals surface area contributed by atoms with Crippen LogP contribution < -0.4 is 0 Å². The summed E-state index contributed by atoms with van der Waals surface area (Å²) in [7, 11) is 0. The minimum Gasteiger partial charge on any atom is -0.296 e. The number of benzene rings is 9. The minimum atomic E-state index is 0.867. The number of hydrogen-bond donors (Lipinski definition) is 0. The number of para-hydroxylation sites is 2.